The molecule has 0 fully saturated rings. The molecule has 11 heteroatoms. The molecule has 6 nitrogen and oxygen atoms in total. The summed E-state index contributed by atoms with van der Waals surface area (Å²) in [6.07, 6.45) is -3.40. The average molecular weight is 430 g/mol. The molecule has 3 aromatic rings. The topological polar surface area (TPSA) is 75.9 Å². The van der Waals surface area contributed by atoms with Crippen LogP contribution in [0, 0.1) is 0 Å². The lowest BCUT2D eigenvalue weighted by Gasteiger charge is -2.12. The van der Waals surface area contributed by atoms with Crippen molar-refractivity contribution in [2.24, 2.45) is 7.05 Å². The molecule has 0 amide bonds. The van der Waals surface area contributed by atoms with E-state index in [0.29, 0.717) is 16.4 Å². The number of pyridine rings is 1. The molecule has 0 atom stereocenters. The number of aromatic nitrogens is 4. The van der Waals surface area contributed by atoms with Crippen LogP contribution < -0.4 is 5.48 Å². The van der Waals surface area contributed by atoms with Gasteiger partial charge in [-0.2, -0.15) is 13.2 Å². The van der Waals surface area contributed by atoms with Gasteiger partial charge < -0.3 is 4.57 Å². The molecule has 0 saturated heterocycles. The van der Waals surface area contributed by atoms with Gasteiger partial charge in [-0.05, 0) is 30.0 Å². The predicted molar refractivity (Wildman–Crippen MR) is 101 cm³/mol. The third-order valence-electron chi connectivity index (χ3n) is 3.92. The molecule has 0 saturated carbocycles. The van der Waals surface area contributed by atoms with E-state index in [2.05, 4.69) is 15.2 Å². The highest BCUT2D eigenvalue weighted by Gasteiger charge is 2.31. The van der Waals surface area contributed by atoms with Gasteiger partial charge in [0.25, 0.3) is 0 Å². The van der Waals surface area contributed by atoms with Crippen molar-refractivity contribution in [2.45, 2.75) is 18.0 Å². The molecule has 0 aliphatic heterocycles. The molecule has 0 spiro atoms. The fraction of sp³-hybridized carbons (Fsp3) is 0.235. The van der Waals surface area contributed by atoms with E-state index >= 15 is 0 Å². The van der Waals surface area contributed by atoms with Crippen molar-refractivity contribution in [2.75, 3.05) is 11.2 Å². The van der Waals surface area contributed by atoms with Gasteiger partial charge in [-0.1, -0.05) is 18.5 Å². The second-order valence-corrected chi connectivity index (χ2v) is 7.42. The zero-order chi connectivity index (χ0) is 20.5. The van der Waals surface area contributed by atoms with Gasteiger partial charge in [0.15, 0.2) is 11.6 Å². The summed E-state index contributed by atoms with van der Waals surface area (Å²) < 4.78 is 40.5. The summed E-state index contributed by atoms with van der Waals surface area (Å²) in [4.78, 5) is 4.79. The maximum atomic E-state index is 13.0. The number of rotatable bonds is 5. The largest absolute Gasteiger partial charge is 0.416 e. The zero-order valence-corrected chi connectivity index (χ0v) is 16.3. The minimum Gasteiger partial charge on any atom is -0.309 e. The monoisotopic (exact) mass is 429 g/mol. The molecule has 1 aromatic carbocycles. The van der Waals surface area contributed by atoms with E-state index < -0.39 is 11.7 Å². The van der Waals surface area contributed by atoms with Crippen LogP contribution in [0.2, 0.25) is 5.02 Å². The quantitative estimate of drug-likeness (QED) is 0.432. The molecule has 0 unspecified atom stereocenters. The van der Waals surface area contributed by atoms with E-state index in [1.165, 1.54) is 11.8 Å². The van der Waals surface area contributed by atoms with Crippen molar-refractivity contribution in [3.05, 3.63) is 41.0 Å². The standard InChI is InChI=1S/C17H15ClF3N5OS/c1-3-28-14-8-11(18)12(25-27)7-10(14)15-23-24-16(26(15)2)13-6-9(4-5-22-13)17(19,20)21/h4-8,25,27H,3H2,1-2H3. The first-order chi connectivity index (χ1) is 13.3. The highest BCUT2D eigenvalue weighted by molar-refractivity contribution is 7.99. The van der Waals surface area contributed by atoms with Gasteiger partial charge in [0.1, 0.15) is 5.69 Å². The molecule has 2 N–H and O–H groups in total. The van der Waals surface area contributed by atoms with E-state index in [-0.39, 0.29) is 17.2 Å². The van der Waals surface area contributed by atoms with Gasteiger partial charge in [0.2, 0.25) is 0 Å². The first-order valence-electron chi connectivity index (χ1n) is 8.06. The fourth-order valence-electron chi connectivity index (χ4n) is 2.61. The third-order valence-corrected chi connectivity index (χ3v) is 5.17. The molecule has 148 valence electrons. The van der Waals surface area contributed by atoms with Crippen molar-refractivity contribution >= 4 is 29.1 Å². The smallest absolute Gasteiger partial charge is 0.309 e. The molecular weight excluding hydrogens is 415 g/mol. The van der Waals surface area contributed by atoms with Crippen LogP contribution in [0.1, 0.15) is 12.5 Å². The van der Waals surface area contributed by atoms with E-state index in [0.717, 1.165) is 29.0 Å². The minimum atomic E-state index is -4.48. The summed E-state index contributed by atoms with van der Waals surface area (Å²) in [7, 11) is 1.63. The van der Waals surface area contributed by atoms with Gasteiger partial charge in [0.05, 0.1) is 16.3 Å². The van der Waals surface area contributed by atoms with Gasteiger partial charge in [-0.25, -0.2) is 0 Å². The van der Waals surface area contributed by atoms with Crippen LogP contribution >= 0.6 is 23.4 Å². The van der Waals surface area contributed by atoms with E-state index in [9.17, 15) is 18.4 Å². The Morgan fingerprint density at radius 1 is 1.21 bits per heavy atom. The van der Waals surface area contributed by atoms with Crippen LogP contribution in [0.15, 0.2) is 35.4 Å². The molecule has 2 aromatic heterocycles. The second-order valence-electron chi connectivity index (χ2n) is 5.71. The van der Waals surface area contributed by atoms with Crippen molar-refractivity contribution in [3.63, 3.8) is 0 Å². The summed E-state index contributed by atoms with van der Waals surface area (Å²) in [6.45, 7) is 1.97. The van der Waals surface area contributed by atoms with Crippen molar-refractivity contribution in [3.8, 4) is 22.9 Å². The Hall–Kier alpha value is -2.30. The Labute approximate surface area is 167 Å². The maximum absolute atomic E-state index is 13.0. The van der Waals surface area contributed by atoms with Crippen LogP contribution in [-0.4, -0.2) is 30.7 Å². The minimum absolute atomic E-state index is 0.0511. The van der Waals surface area contributed by atoms with Crippen LogP contribution in [0.5, 0.6) is 0 Å². The number of alkyl halides is 3. The Kier molecular flexibility index (Phi) is 5.82. The Morgan fingerprint density at radius 3 is 2.57 bits per heavy atom. The summed E-state index contributed by atoms with van der Waals surface area (Å²) in [5.41, 5.74) is 2.16. The SMILES string of the molecule is CCSc1cc(Cl)c(NO)cc1-c1nnc(-c2cc(C(F)(F)F)ccn2)n1C. The first-order valence-corrected chi connectivity index (χ1v) is 9.42. The second kappa shape index (κ2) is 7.98. The summed E-state index contributed by atoms with van der Waals surface area (Å²) >= 11 is 7.64. The lowest BCUT2D eigenvalue weighted by atomic mass is 10.2. The molecule has 0 aliphatic carbocycles. The number of hydrogen-bond donors (Lipinski definition) is 2. The molecule has 0 bridgehead atoms. The fourth-order valence-corrected chi connectivity index (χ4v) is 3.69. The molecule has 0 radical (unpaired) electrons. The Balaban J connectivity index is 2.12. The van der Waals surface area contributed by atoms with Crippen molar-refractivity contribution in [1.29, 1.82) is 0 Å². The summed E-state index contributed by atoms with van der Waals surface area (Å²) in [5.74, 6) is 1.34. The molecule has 0 aliphatic rings. The number of anilines is 1. The number of nitrogens with one attached hydrogen (secondary N) is 1. The number of nitrogens with zero attached hydrogens (tertiary/aromatic N) is 4. The van der Waals surface area contributed by atoms with E-state index in [4.69, 9.17) is 11.6 Å². The van der Waals surface area contributed by atoms with E-state index in [1.54, 1.807) is 23.7 Å². The van der Waals surface area contributed by atoms with Crippen LogP contribution in [0.25, 0.3) is 22.9 Å². The lowest BCUT2D eigenvalue weighted by molar-refractivity contribution is -0.137. The maximum Gasteiger partial charge on any atom is 0.416 e. The van der Waals surface area contributed by atoms with Crippen LogP contribution in [-0.2, 0) is 13.2 Å². The van der Waals surface area contributed by atoms with Crippen molar-refractivity contribution in [1.82, 2.24) is 19.7 Å². The van der Waals surface area contributed by atoms with Gasteiger partial charge in [0, 0.05) is 23.7 Å². The highest BCUT2D eigenvalue weighted by atomic mass is 35.5. The summed E-state index contributed by atoms with van der Waals surface area (Å²) in [5, 5.41) is 17.7. The molecule has 3 rings (SSSR count). The Bertz CT molecular complexity index is 1010. The Morgan fingerprint density at radius 2 is 1.93 bits per heavy atom. The van der Waals surface area contributed by atoms with Gasteiger partial charge >= 0.3 is 6.18 Å². The molecular formula is C17H15ClF3N5OS. The number of hydrogen-bond acceptors (Lipinski definition) is 6. The number of halogens is 4. The van der Waals surface area contributed by atoms with Crippen LogP contribution in [0.4, 0.5) is 18.9 Å². The zero-order valence-electron chi connectivity index (χ0n) is 14.8. The van der Waals surface area contributed by atoms with Gasteiger partial charge in [-0.15, -0.1) is 22.0 Å². The molecule has 28 heavy (non-hydrogen) atoms. The lowest BCUT2D eigenvalue weighted by Crippen LogP contribution is -2.06. The van der Waals surface area contributed by atoms with Crippen LogP contribution in [0.3, 0.4) is 0 Å². The van der Waals surface area contributed by atoms with E-state index in [1.807, 2.05) is 12.4 Å². The summed E-state index contributed by atoms with van der Waals surface area (Å²) in [6, 6.07) is 5.11. The normalized spacial score (nSPS) is 11.7. The molecule has 2 heterocycles. The number of thioether (sulfide) groups is 1. The predicted octanol–water partition coefficient (Wildman–Crippen LogP) is 5.13. The van der Waals surface area contributed by atoms with Crippen molar-refractivity contribution < 1.29 is 18.4 Å². The third kappa shape index (κ3) is 3.94. The first kappa shape index (κ1) is 20.4. The number of benzene rings is 1. The highest BCUT2D eigenvalue weighted by Crippen LogP contribution is 2.38. The average Bonchev–Trinajstić information content (AvgIpc) is 3.03. The van der Waals surface area contributed by atoms with Gasteiger partial charge in [-0.3, -0.25) is 15.7 Å².